The first-order chi connectivity index (χ1) is 14.7. The van der Waals surface area contributed by atoms with Crippen LogP contribution in [0.5, 0.6) is 11.5 Å². The zero-order valence-electron chi connectivity index (χ0n) is 18.2. The number of benzene rings is 3. The number of ether oxygens (including phenoxy) is 2. The van der Waals surface area contributed by atoms with Gasteiger partial charge in [-0.3, -0.25) is 4.79 Å². The van der Waals surface area contributed by atoms with E-state index in [0.717, 1.165) is 26.4 Å². The molecule has 31 heavy (non-hydrogen) atoms. The maximum atomic E-state index is 13.0. The molecule has 0 fully saturated rings. The number of carbonyl (C=O) groups excluding carboxylic acids is 1. The van der Waals surface area contributed by atoms with Crippen LogP contribution < -0.4 is 9.47 Å². The van der Waals surface area contributed by atoms with Gasteiger partial charge in [0, 0.05) is 33.3 Å². The largest absolute Gasteiger partial charge is 0.497 e. The van der Waals surface area contributed by atoms with Crippen LogP contribution in [0.2, 0.25) is 0 Å². The molecule has 0 aliphatic rings. The van der Waals surface area contributed by atoms with Crippen molar-refractivity contribution in [3.63, 3.8) is 0 Å². The van der Waals surface area contributed by atoms with Crippen LogP contribution in [0.1, 0.15) is 15.9 Å². The number of fused-ring (bicyclic) bond motifs is 1. The van der Waals surface area contributed by atoms with Crippen molar-refractivity contribution in [2.45, 2.75) is 11.4 Å². The highest BCUT2D eigenvalue weighted by atomic mass is 32.2. The lowest BCUT2D eigenvalue weighted by Crippen LogP contribution is -2.27. The number of hydrogen-bond donors (Lipinski definition) is 0. The maximum absolute atomic E-state index is 13.0. The first-order valence-corrected chi connectivity index (χ1v) is 11.0. The summed E-state index contributed by atoms with van der Waals surface area (Å²) in [6, 6.07) is 16.2. The minimum absolute atomic E-state index is 0.0427. The molecule has 7 nitrogen and oxygen atoms in total. The SMILES string of the molecule is COc1ccc2cc(CN(C)C(=O)c3ccc(OC)c(S(=O)(=O)N(C)C)c3)ccc2c1. The average molecular weight is 443 g/mol. The first-order valence-electron chi connectivity index (χ1n) is 9.60. The van der Waals surface area contributed by atoms with Crippen molar-refractivity contribution in [2.24, 2.45) is 0 Å². The molecule has 0 aliphatic carbocycles. The lowest BCUT2D eigenvalue weighted by atomic mass is 10.1. The second kappa shape index (κ2) is 8.95. The van der Waals surface area contributed by atoms with Gasteiger partial charge in [0.2, 0.25) is 10.0 Å². The predicted molar refractivity (Wildman–Crippen MR) is 120 cm³/mol. The van der Waals surface area contributed by atoms with E-state index in [4.69, 9.17) is 9.47 Å². The molecule has 3 aromatic carbocycles. The predicted octanol–water partition coefficient (Wildman–Crippen LogP) is 3.38. The van der Waals surface area contributed by atoms with Gasteiger partial charge in [-0.2, -0.15) is 0 Å². The number of sulfonamides is 1. The van der Waals surface area contributed by atoms with E-state index < -0.39 is 10.0 Å². The molecule has 0 aromatic heterocycles. The van der Waals surface area contributed by atoms with Gasteiger partial charge in [-0.1, -0.05) is 18.2 Å². The molecule has 8 heteroatoms. The van der Waals surface area contributed by atoms with Gasteiger partial charge in [-0.05, 0) is 52.7 Å². The van der Waals surface area contributed by atoms with Crippen LogP contribution in [0.25, 0.3) is 10.8 Å². The van der Waals surface area contributed by atoms with Gasteiger partial charge in [0.25, 0.3) is 5.91 Å². The molecule has 0 atom stereocenters. The third-order valence-corrected chi connectivity index (χ3v) is 6.88. The molecule has 1 amide bonds. The zero-order chi connectivity index (χ0) is 22.8. The Hall–Kier alpha value is -3.10. The van der Waals surface area contributed by atoms with Crippen molar-refractivity contribution in [3.8, 4) is 11.5 Å². The fourth-order valence-electron chi connectivity index (χ4n) is 3.27. The Morgan fingerprint density at radius 2 is 1.55 bits per heavy atom. The summed E-state index contributed by atoms with van der Waals surface area (Å²) in [5.41, 5.74) is 1.23. The Bertz CT molecular complexity index is 1220. The van der Waals surface area contributed by atoms with Crippen molar-refractivity contribution >= 4 is 26.7 Å². The zero-order valence-corrected chi connectivity index (χ0v) is 19.1. The van der Waals surface area contributed by atoms with E-state index in [1.807, 2.05) is 36.4 Å². The first kappa shape index (κ1) is 22.6. The number of rotatable bonds is 7. The monoisotopic (exact) mass is 442 g/mol. The fourth-order valence-corrected chi connectivity index (χ4v) is 4.35. The molecule has 0 saturated heterocycles. The summed E-state index contributed by atoms with van der Waals surface area (Å²) >= 11 is 0. The van der Waals surface area contributed by atoms with E-state index in [1.54, 1.807) is 25.1 Å². The summed E-state index contributed by atoms with van der Waals surface area (Å²) in [6.45, 7) is 0.378. The molecule has 0 N–H and O–H groups in total. The minimum Gasteiger partial charge on any atom is -0.497 e. The highest BCUT2D eigenvalue weighted by Gasteiger charge is 2.24. The summed E-state index contributed by atoms with van der Waals surface area (Å²) in [5, 5.41) is 2.09. The number of methoxy groups -OCH3 is 2. The number of nitrogens with zero attached hydrogens (tertiary/aromatic N) is 2. The third kappa shape index (κ3) is 4.65. The van der Waals surface area contributed by atoms with E-state index in [1.165, 1.54) is 33.3 Å². The van der Waals surface area contributed by atoms with E-state index in [9.17, 15) is 13.2 Å². The summed E-state index contributed by atoms with van der Waals surface area (Å²) in [6.07, 6.45) is 0. The summed E-state index contributed by atoms with van der Waals surface area (Å²) in [7, 11) is 3.82. The quantitative estimate of drug-likeness (QED) is 0.561. The standard InChI is InChI=1S/C23H26N2O5S/c1-24(2)31(27,28)22-14-19(9-11-21(22)30-5)23(26)25(3)15-16-6-7-18-13-20(29-4)10-8-17(18)12-16/h6-14H,15H2,1-5H3. The molecule has 3 rings (SSSR count). The van der Waals surface area contributed by atoms with Gasteiger partial charge in [-0.25, -0.2) is 12.7 Å². The Balaban J connectivity index is 1.87. The summed E-state index contributed by atoms with van der Waals surface area (Å²) < 4.78 is 36.8. The third-order valence-electron chi connectivity index (χ3n) is 5.05. The van der Waals surface area contributed by atoms with Crippen LogP contribution in [-0.2, 0) is 16.6 Å². The van der Waals surface area contributed by atoms with Crippen molar-refractivity contribution in [1.82, 2.24) is 9.21 Å². The van der Waals surface area contributed by atoms with E-state index in [0.29, 0.717) is 6.54 Å². The van der Waals surface area contributed by atoms with Gasteiger partial charge < -0.3 is 14.4 Å². The Morgan fingerprint density at radius 1 is 0.871 bits per heavy atom. The maximum Gasteiger partial charge on any atom is 0.253 e. The number of hydrogen-bond acceptors (Lipinski definition) is 5. The normalized spacial score (nSPS) is 11.5. The molecule has 0 bridgehead atoms. The lowest BCUT2D eigenvalue weighted by molar-refractivity contribution is 0.0785. The molecule has 0 radical (unpaired) electrons. The number of amides is 1. The molecule has 3 aromatic rings. The molecule has 0 aliphatic heterocycles. The van der Waals surface area contributed by atoms with Crippen molar-refractivity contribution in [2.75, 3.05) is 35.4 Å². The fraction of sp³-hybridized carbons (Fsp3) is 0.261. The van der Waals surface area contributed by atoms with Gasteiger partial charge in [0.15, 0.2) is 0 Å². The molecule has 0 heterocycles. The minimum atomic E-state index is -3.76. The second-order valence-corrected chi connectivity index (χ2v) is 9.48. The van der Waals surface area contributed by atoms with Gasteiger partial charge in [-0.15, -0.1) is 0 Å². The van der Waals surface area contributed by atoms with Crippen molar-refractivity contribution in [1.29, 1.82) is 0 Å². The molecule has 0 saturated carbocycles. The molecular formula is C23H26N2O5S. The number of carbonyl (C=O) groups is 1. The highest BCUT2D eigenvalue weighted by molar-refractivity contribution is 7.89. The van der Waals surface area contributed by atoms with Crippen LogP contribution in [0.3, 0.4) is 0 Å². The van der Waals surface area contributed by atoms with Crippen LogP contribution in [0, 0.1) is 0 Å². The highest BCUT2D eigenvalue weighted by Crippen LogP contribution is 2.28. The Labute approximate surface area is 182 Å². The summed E-state index contributed by atoms with van der Waals surface area (Å²) in [4.78, 5) is 14.5. The van der Waals surface area contributed by atoms with Crippen molar-refractivity contribution < 1.29 is 22.7 Å². The topological polar surface area (TPSA) is 76.1 Å². The van der Waals surface area contributed by atoms with Gasteiger partial charge in [0.1, 0.15) is 16.4 Å². The van der Waals surface area contributed by atoms with Crippen LogP contribution in [0.4, 0.5) is 0 Å². The lowest BCUT2D eigenvalue weighted by Gasteiger charge is -2.20. The molecule has 0 unspecified atom stereocenters. The van der Waals surface area contributed by atoms with Gasteiger partial charge >= 0.3 is 0 Å². The Kier molecular flexibility index (Phi) is 6.52. The molecule has 164 valence electrons. The second-order valence-electron chi connectivity index (χ2n) is 7.36. The smallest absolute Gasteiger partial charge is 0.253 e. The van der Waals surface area contributed by atoms with Crippen molar-refractivity contribution in [3.05, 3.63) is 65.7 Å². The van der Waals surface area contributed by atoms with E-state index in [2.05, 4.69) is 0 Å². The Morgan fingerprint density at radius 3 is 2.19 bits per heavy atom. The van der Waals surface area contributed by atoms with Crippen LogP contribution >= 0.6 is 0 Å². The van der Waals surface area contributed by atoms with Crippen LogP contribution in [0.15, 0.2) is 59.5 Å². The van der Waals surface area contributed by atoms with Gasteiger partial charge in [0.05, 0.1) is 14.2 Å². The van der Waals surface area contributed by atoms with E-state index in [-0.39, 0.29) is 22.1 Å². The molecular weight excluding hydrogens is 416 g/mol. The van der Waals surface area contributed by atoms with Crippen LogP contribution in [-0.4, -0.2) is 58.9 Å². The average Bonchev–Trinajstić information content (AvgIpc) is 2.77. The summed E-state index contributed by atoms with van der Waals surface area (Å²) in [5.74, 6) is 0.695. The molecule has 0 spiro atoms. The van der Waals surface area contributed by atoms with E-state index >= 15 is 0 Å².